The highest BCUT2D eigenvalue weighted by Crippen LogP contribution is 2.10. The van der Waals surface area contributed by atoms with Crippen molar-refractivity contribution in [1.29, 1.82) is 5.26 Å². The minimum absolute atomic E-state index is 0.0809. The van der Waals surface area contributed by atoms with Crippen molar-refractivity contribution in [2.24, 2.45) is 0 Å². The van der Waals surface area contributed by atoms with Crippen LogP contribution in [0, 0.1) is 11.3 Å². The van der Waals surface area contributed by atoms with Crippen LogP contribution in [0.5, 0.6) is 0 Å². The number of rotatable bonds is 2. The van der Waals surface area contributed by atoms with Gasteiger partial charge < -0.3 is 4.74 Å². The second kappa shape index (κ2) is 4.66. The zero-order chi connectivity index (χ0) is 10.5. The van der Waals surface area contributed by atoms with Crippen molar-refractivity contribution in [3.8, 4) is 6.07 Å². The Morgan fingerprint density at radius 1 is 1.54 bits per heavy atom. The van der Waals surface area contributed by atoms with Gasteiger partial charge in [0.2, 0.25) is 0 Å². The van der Waals surface area contributed by atoms with Gasteiger partial charge in [-0.1, -0.05) is 13.0 Å². The van der Waals surface area contributed by atoms with E-state index >= 15 is 0 Å². The van der Waals surface area contributed by atoms with E-state index in [1.807, 2.05) is 13.0 Å². The second-order valence-electron chi connectivity index (χ2n) is 3.64. The molecule has 0 aliphatic rings. The molecule has 0 heterocycles. The number of esters is 1. The highest BCUT2D eigenvalue weighted by Gasteiger charge is 2.19. The third kappa shape index (κ3) is 5.02. The van der Waals surface area contributed by atoms with Crippen molar-refractivity contribution in [2.75, 3.05) is 0 Å². The summed E-state index contributed by atoms with van der Waals surface area (Å²) >= 11 is 0. The number of carbonyl (C=O) groups excluding carboxylic acids is 1. The van der Waals surface area contributed by atoms with Gasteiger partial charge in [0.25, 0.3) is 0 Å². The summed E-state index contributed by atoms with van der Waals surface area (Å²) in [4.78, 5) is 11.3. The Morgan fingerprint density at radius 2 is 2.08 bits per heavy atom. The highest BCUT2D eigenvalue weighted by atomic mass is 16.6. The summed E-state index contributed by atoms with van der Waals surface area (Å²) in [5.41, 5.74) is -0.460. The van der Waals surface area contributed by atoms with Crippen LogP contribution in [-0.2, 0) is 9.53 Å². The monoisotopic (exact) mass is 181 g/mol. The summed E-state index contributed by atoms with van der Waals surface area (Å²) in [5, 5.41) is 8.61. The van der Waals surface area contributed by atoms with E-state index in [0.717, 1.165) is 0 Å². The molecule has 0 aromatic carbocycles. The van der Waals surface area contributed by atoms with Crippen LogP contribution >= 0.6 is 0 Å². The molecular formula is C10H15NO2. The van der Waals surface area contributed by atoms with Gasteiger partial charge >= 0.3 is 5.97 Å². The molecule has 13 heavy (non-hydrogen) atoms. The highest BCUT2D eigenvalue weighted by molar-refractivity contribution is 5.92. The topological polar surface area (TPSA) is 50.1 Å². The van der Waals surface area contributed by atoms with Crippen molar-refractivity contribution in [2.45, 2.75) is 39.7 Å². The van der Waals surface area contributed by atoms with Crippen LogP contribution in [0.1, 0.15) is 34.1 Å². The number of ether oxygens (including phenoxy) is 1. The number of nitrogens with zero attached hydrogens (tertiary/aromatic N) is 1. The lowest BCUT2D eigenvalue weighted by molar-refractivity contribution is -0.149. The first kappa shape index (κ1) is 11.7. The first-order chi connectivity index (χ1) is 5.90. The number of allylic oxidation sites excluding steroid dienone is 1. The Hall–Kier alpha value is -1.30. The third-order valence-corrected chi connectivity index (χ3v) is 1.15. The fraction of sp³-hybridized carbons (Fsp3) is 0.600. The van der Waals surface area contributed by atoms with Crippen LogP contribution in [0.3, 0.4) is 0 Å². The van der Waals surface area contributed by atoms with Crippen molar-refractivity contribution in [3.63, 3.8) is 0 Å². The molecule has 0 aromatic heterocycles. The fourth-order valence-corrected chi connectivity index (χ4v) is 0.712. The van der Waals surface area contributed by atoms with Gasteiger partial charge in [-0.25, -0.2) is 4.79 Å². The van der Waals surface area contributed by atoms with Crippen LogP contribution in [0.4, 0.5) is 0 Å². The number of hydrogen-bond acceptors (Lipinski definition) is 3. The predicted octanol–water partition coefficient (Wildman–Crippen LogP) is 2.19. The van der Waals surface area contributed by atoms with Crippen molar-refractivity contribution < 1.29 is 9.53 Å². The summed E-state index contributed by atoms with van der Waals surface area (Å²) in [5.74, 6) is -0.545. The second-order valence-corrected chi connectivity index (χ2v) is 3.64. The fourth-order valence-electron chi connectivity index (χ4n) is 0.712. The molecule has 0 bridgehead atoms. The minimum Gasteiger partial charge on any atom is -0.456 e. The molecule has 72 valence electrons. The lowest BCUT2D eigenvalue weighted by Gasteiger charge is -2.18. The summed E-state index contributed by atoms with van der Waals surface area (Å²) in [6, 6.07) is 1.81. The maximum Gasteiger partial charge on any atom is 0.349 e. The molecule has 0 unspecified atom stereocenters. The first-order valence-corrected chi connectivity index (χ1v) is 4.24. The molecule has 0 atom stereocenters. The van der Waals surface area contributed by atoms with Crippen molar-refractivity contribution in [1.82, 2.24) is 0 Å². The average Bonchev–Trinajstić information content (AvgIpc) is 1.96. The summed E-state index contributed by atoms with van der Waals surface area (Å²) in [7, 11) is 0. The van der Waals surface area contributed by atoms with Gasteiger partial charge in [-0.15, -0.1) is 0 Å². The predicted molar refractivity (Wildman–Crippen MR) is 49.8 cm³/mol. The van der Waals surface area contributed by atoms with E-state index < -0.39 is 11.6 Å². The Bertz CT molecular complexity index is 253. The van der Waals surface area contributed by atoms with E-state index in [9.17, 15) is 4.79 Å². The average molecular weight is 181 g/mol. The molecule has 3 heteroatoms. The van der Waals surface area contributed by atoms with Gasteiger partial charge in [-0.3, -0.25) is 0 Å². The normalized spacial score (nSPS) is 12.1. The van der Waals surface area contributed by atoms with Crippen LogP contribution in [0.2, 0.25) is 0 Å². The lowest BCUT2D eigenvalue weighted by atomic mass is 10.2. The lowest BCUT2D eigenvalue weighted by Crippen LogP contribution is -2.24. The molecule has 0 radical (unpaired) electrons. The summed E-state index contributed by atoms with van der Waals surface area (Å²) in [6.07, 6.45) is 2.22. The Morgan fingerprint density at radius 3 is 2.38 bits per heavy atom. The molecule has 0 amide bonds. The molecule has 0 saturated heterocycles. The standard InChI is InChI=1S/C10H15NO2/c1-5-6-8(7-11)9(12)13-10(2,3)4/h6H,5H2,1-4H3. The van der Waals surface area contributed by atoms with Crippen LogP contribution in [-0.4, -0.2) is 11.6 Å². The van der Waals surface area contributed by atoms with Gasteiger partial charge in [0.05, 0.1) is 0 Å². The molecule has 0 spiro atoms. The number of carbonyl (C=O) groups is 1. The smallest absolute Gasteiger partial charge is 0.349 e. The van der Waals surface area contributed by atoms with E-state index in [4.69, 9.17) is 10.00 Å². The SMILES string of the molecule is CCC=C(C#N)C(=O)OC(C)(C)C. The first-order valence-electron chi connectivity index (χ1n) is 4.24. The van der Waals surface area contributed by atoms with E-state index in [1.54, 1.807) is 26.8 Å². The molecule has 0 rings (SSSR count). The van der Waals surface area contributed by atoms with E-state index in [0.29, 0.717) is 6.42 Å². The van der Waals surface area contributed by atoms with E-state index in [1.165, 1.54) is 0 Å². The number of nitriles is 1. The van der Waals surface area contributed by atoms with Crippen molar-refractivity contribution in [3.05, 3.63) is 11.6 Å². The van der Waals surface area contributed by atoms with Gasteiger partial charge in [0.15, 0.2) is 0 Å². The minimum atomic E-state index is -0.545. The summed E-state index contributed by atoms with van der Waals surface area (Å²) < 4.78 is 5.01. The van der Waals surface area contributed by atoms with Gasteiger partial charge in [-0.2, -0.15) is 5.26 Å². The van der Waals surface area contributed by atoms with Crippen LogP contribution in [0.25, 0.3) is 0 Å². The van der Waals surface area contributed by atoms with Gasteiger partial charge in [-0.05, 0) is 27.2 Å². The largest absolute Gasteiger partial charge is 0.456 e. The van der Waals surface area contributed by atoms with E-state index in [2.05, 4.69) is 0 Å². The van der Waals surface area contributed by atoms with E-state index in [-0.39, 0.29) is 5.57 Å². The Labute approximate surface area is 79.0 Å². The van der Waals surface area contributed by atoms with Crippen LogP contribution in [0.15, 0.2) is 11.6 Å². The summed E-state index contributed by atoms with van der Waals surface area (Å²) in [6.45, 7) is 7.17. The zero-order valence-corrected chi connectivity index (χ0v) is 8.55. The molecule has 0 aliphatic heterocycles. The van der Waals surface area contributed by atoms with Gasteiger partial charge in [0.1, 0.15) is 17.2 Å². The van der Waals surface area contributed by atoms with Crippen LogP contribution < -0.4 is 0 Å². The molecule has 0 aromatic rings. The zero-order valence-electron chi connectivity index (χ0n) is 8.55. The molecule has 0 aliphatic carbocycles. The maximum atomic E-state index is 11.3. The maximum absolute atomic E-state index is 11.3. The molecule has 0 saturated carbocycles. The molecular weight excluding hydrogens is 166 g/mol. The Kier molecular flexibility index (Phi) is 4.19. The number of hydrogen-bond donors (Lipinski definition) is 0. The molecule has 3 nitrogen and oxygen atoms in total. The van der Waals surface area contributed by atoms with Crippen molar-refractivity contribution >= 4 is 5.97 Å². The molecule has 0 fully saturated rings. The quantitative estimate of drug-likeness (QED) is 0.372. The third-order valence-electron chi connectivity index (χ3n) is 1.15. The van der Waals surface area contributed by atoms with Gasteiger partial charge in [0, 0.05) is 0 Å². The Balaban J connectivity index is 4.44. The molecule has 0 N–H and O–H groups in total.